The van der Waals surface area contributed by atoms with Crippen LogP contribution in [0.15, 0.2) is 30.3 Å². The normalized spacial score (nSPS) is 18.0. The Balaban J connectivity index is 1.17. The van der Waals surface area contributed by atoms with Gasteiger partial charge < -0.3 is 34.6 Å². The molecule has 53 heavy (non-hydrogen) atoms. The second kappa shape index (κ2) is 17.5. The number of nitrogens with one attached hydrogen (secondary N) is 1. The molecule has 0 aliphatic carbocycles. The molecule has 0 spiro atoms. The number of likely N-dealkylation sites (tertiary alicyclic amines) is 1. The van der Waals surface area contributed by atoms with E-state index in [0.29, 0.717) is 38.5 Å². The van der Waals surface area contributed by atoms with Gasteiger partial charge in [0.2, 0.25) is 5.91 Å². The minimum Gasteiger partial charge on any atom is -0.496 e. The zero-order valence-electron chi connectivity index (χ0n) is 31.7. The van der Waals surface area contributed by atoms with Gasteiger partial charge in [0, 0.05) is 93.3 Å². The van der Waals surface area contributed by atoms with Crippen molar-refractivity contribution in [2.75, 3.05) is 76.8 Å². The summed E-state index contributed by atoms with van der Waals surface area (Å²) in [7, 11) is 3.19. The zero-order valence-corrected chi connectivity index (χ0v) is 31.7. The number of pyridine rings is 1. The van der Waals surface area contributed by atoms with E-state index >= 15 is 0 Å². The molecular weight excluding hydrogens is 674 g/mol. The molecule has 2 saturated heterocycles. The van der Waals surface area contributed by atoms with Crippen molar-refractivity contribution in [1.82, 2.24) is 24.6 Å². The Kier molecular flexibility index (Phi) is 12.5. The van der Waals surface area contributed by atoms with Crippen molar-refractivity contribution in [2.24, 2.45) is 5.92 Å². The highest BCUT2D eigenvalue weighted by Gasteiger charge is 2.29. The summed E-state index contributed by atoms with van der Waals surface area (Å²) >= 11 is 0. The number of aryl methyl sites for hydroxylation is 3. The van der Waals surface area contributed by atoms with E-state index in [4.69, 9.17) is 24.7 Å². The van der Waals surface area contributed by atoms with Gasteiger partial charge >= 0.3 is 11.9 Å². The van der Waals surface area contributed by atoms with Gasteiger partial charge in [0.15, 0.2) is 0 Å². The van der Waals surface area contributed by atoms with Crippen molar-refractivity contribution in [1.29, 1.82) is 0 Å². The number of fused-ring (bicyclic) bond motifs is 1. The summed E-state index contributed by atoms with van der Waals surface area (Å²) in [6, 6.07) is 10.7. The molecule has 0 unspecified atom stereocenters. The molecule has 1 aromatic carbocycles. The van der Waals surface area contributed by atoms with E-state index in [9.17, 15) is 14.4 Å². The lowest BCUT2D eigenvalue weighted by Gasteiger charge is -2.37. The third kappa shape index (κ3) is 9.67. The number of hydrogen-bond donors (Lipinski definition) is 2. The fourth-order valence-corrected chi connectivity index (χ4v) is 8.13. The molecular formula is C40H55N7O6. The monoisotopic (exact) mass is 729 g/mol. The van der Waals surface area contributed by atoms with Crippen molar-refractivity contribution in [3.63, 3.8) is 0 Å². The number of esters is 1. The number of aliphatic carboxylic acids is 1. The van der Waals surface area contributed by atoms with Crippen molar-refractivity contribution in [3.8, 4) is 11.4 Å². The Morgan fingerprint density at radius 3 is 2.51 bits per heavy atom. The predicted octanol–water partition coefficient (Wildman–Crippen LogP) is 4.76. The number of ether oxygens (including phenoxy) is 2. The van der Waals surface area contributed by atoms with Gasteiger partial charge in [-0.15, -0.1) is 0 Å². The first kappa shape index (κ1) is 38.1. The third-order valence-electron chi connectivity index (χ3n) is 11.0. The minimum absolute atomic E-state index is 0.000668. The van der Waals surface area contributed by atoms with Crippen LogP contribution in [0.2, 0.25) is 0 Å². The molecule has 5 heterocycles. The number of carboxylic acid groups (broad SMARTS) is 1. The van der Waals surface area contributed by atoms with Crippen LogP contribution in [0.3, 0.4) is 0 Å². The summed E-state index contributed by atoms with van der Waals surface area (Å²) in [4.78, 5) is 48.2. The van der Waals surface area contributed by atoms with Gasteiger partial charge in [0.25, 0.3) is 0 Å². The van der Waals surface area contributed by atoms with Gasteiger partial charge in [-0.1, -0.05) is 0 Å². The van der Waals surface area contributed by atoms with E-state index in [1.165, 1.54) is 12.7 Å². The molecule has 286 valence electrons. The summed E-state index contributed by atoms with van der Waals surface area (Å²) in [6.07, 6.45) is 5.97. The largest absolute Gasteiger partial charge is 0.496 e. The molecule has 13 nitrogen and oxygen atoms in total. The number of aromatic nitrogens is 3. The number of hydrogen-bond acceptors (Lipinski definition) is 10. The third-order valence-corrected chi connectivity index (χ3v) is 11.0. The van der Waals surface area contributed by atoms with E-state index in [-0.39, 0.29) is 37.1 Å². The summed E-state index contributed by atoms with van der Waals surface area (Å²) in [5.74, 6) is 1.22. The smallest absolute Gasteiger partial charge is 0.306 e. The second-order valence-corrected chi connectivity index (χ2v) is 14.8. The molecule has 2 atom stereocenters. The molecule has 2 fully saturated rings. The molecule has 0 saturated carbocycles. The van der Waals surface area contributed by atoms with Crippen molar-refractivity contribution < 1.29 is 29.0 Å². The number of benzene rings is 1. The van der Waals surface area contributed by atoms with Crippen LogP contribution in [0.25, 0.3) is 5.69 Å². The van der Waals surface area contributed by atoms with Gasteiger partial charge in [0.05, 0.1) is 32.0 Å². The average molecular weight is 730 g/mol. The van der Waals surface area contributed by atoms with E-state index < -0.39 is 5.97 Å². The number of amides is 1. The summed E-state index contributed by atoms with van der Waals surface area (Å²) in [6.45, 7) is 10.1. The topological polar surface area (TPSA) is 142 Å². The van der Waals surface area contributed by atoms with Crippen LogP contribution in [0.5, 0.6) is 5.75 Å². The molecule has 13 heteroatoms. The summed E-state index contributed by atoms with van der Waals surface area (Å²) in [5.41, 5.74) is 7.22. The van der Waals surface area contributed by atoms with Crippen LogP contribution < -0.4 is 15.0 Å². The minimum atomic E-state index is -0.881. The van der Waals surface area contributed by atoms with Gasteiger partial charge in [-0.2, -0.15) is 5.10 Å². The van der Waals surface area contributed by atoms with Gasteiger partial charge in [-0.25, -0.2) is 9.67 Å². The lowest BCUT2D eigenvalue weighted by atomic mass is 9.93. The first-order valence-corrected chi connectivity index (χ1v) is 19.1. The zero-order chi connectivity index (χ0) is 37.5. The number of carbonyl (C=O) groups excluding carboxylic acids is 2. The number of rotatable bonds is 15. The molecule has 0 bridgehead atoms. The molecule has 0 radical (unpaired) electrons. The number of piperazine rings is 1. The lowest BCUT2D eigenvalue weighted by Crippen LogP contribution is -2.48. The highest BCUT2D eigenvalue weighted by Crippen LogP contribution is 2.34. The number of methoxy groups -OCH3 is 2. The van der Waals surface area contributed by atoms with Crippen LogP contribution in [0.1, 0.15) is 79.1 Å². The van der Waals surface area contributed by atoms with Crippen LogP contribution >= 0.6 is 0 Å². The van der Waals surface area contributed by atoms with E-state index in [1.807, 2.05) is 23.4 Å². The van der Waals surface area contributed by atoms with Gasteiger partial charge in [-0.3, -0.25) is 14.4 Å². The van der Waals surface area contributed by atoms with Crippen molar-refractivity contribution in [2.45, 2.75) is 77.6 Å². The second-order valence-electron chi connectivity index (χ2n) is 14.8. The molecule has 3 aliphatic rings. The Bertz CT molecular complexity index is 1750. The maximum Gasteiger partial charge on any atom is 0.306 e. The molecule has 2 aromatic heterocycles. The van der Waals surface area contributed by atoms with Gasteiger partial charge in [-0.05, 0) is 94.7 Å². The van der Waals surface area contributed by atoms with E-state index in [0.717, 1.165) is 104 Å². The fourth-order valence-electron chi connectivity index (χ4n) is 8.13. The Hall–Kier alpha value is -4.65. The Morgan fingerprint density at radius 1 is 1.00 bits per heavy atom. The predicted molar refractivity (Wildman–Crippen MR) is 203 cm³/mol. The van der Waals surface area contributed by atoms with E-state index in [1.54, 1.807) is 7.11 Å². The highest BCUT2D eigenvalue weighted by atomic mass is 16.5. The number of carbonyl (C=O) groups is 3. The van der Waals surface area contributed by atoms with Crippen molar-refractivity contribution in [3.05, 3.63) is 58.5 Å². The van der Waals surface area contributed by atoms with E-state index in [2.05, 4.69) is 45.4 Å². The average Bonchev–Trinajstić information content (AvgIpc) is 3.76. The SMILES string of the molecule is COC(=O)C[C@H](CN1CC[C@@H](CCc2cc(OC)c3c(n2)NCCC3)C1)c1cc(N2CCN(C(=O)CCCC(=O)O)CC2)cc(-n2nc(C)cc2C)c1. The summed E-state index contributed by atoms with van der Waals surface area (Å²) < 4.78 is 12.9. The number of carboxylic acids is 1. The highest BCUT2D eigenvalue weighted by molar-refractivity contribution is 5.77. The molecule has 6 rings (SSSR count). The lowest BCUT2D eigenvalue weighted by molar-refractivity contribution is -0.141. The first-order valence-electron chi connectivity index (χ1n) is 19.1. The molecule has 3 aliphatic heterocycles. The van der Waals surface area contributed by atoms with Crippen LogP contribution in [-0.4, -0.2) is 114 Å². The number of nitrogens with zero attached hydrogens (tertiary/aromatic N) is 6. The van der Waals surface area contributed by atoms with Crippen LogP contribution in [0.4, 0.5) is 11.5 Å². The molecule has 2 N–H and O–H groups in total. The fraction of sp³-hybridized carbons (Fsp3) is 0.575. The van der Waals surface area contributed by atoms with Crippen LogP contribution in [0, 0.1) is 19.8 Å². The van der Waals surface area contributed by atoms with Gasteiger partial charge in [0.1, 0.15) is 11.6 Å². The van der Waals surface area contributed by atoms with Crippen LogP contribution in [-0.2, 0) is 32.0 Å². The molecule has 1 amide bonds. The summed E-state index contributed by atoms with van der Waals surface area (Å²) in [5, 5.41) is 17.2. The number of anilines is 2. The first-order chi connectivity index (χ1) is 25.6. The maximum absolute atomic E-state index is 12.9. The standard InChI is InChI=1S/C40H55N7O6/c1-27-19-28(2)47(43-27)34-21-30(20-33(24-34)45-15-17-46(18-16-45)37(48)8-5-9-38(49)50)31(22-39(51)53-4)26-44-14-12-29(25-44)10-11-32-23-36(52-3)35-7-6-13-41-40(35)42-32/h19-21,23-24,29,31H,5-18,22,25-26H2,1-4H3,(H,41,42)(H,49,50)/t29-,31-/m1/s1. The quantitative estimate of drug-likeness (QED) is 0.209. The Morgan fingerprint density at radius 2 is 1.79 bits per heavy atom. The molecule has 3 aromatic rings. The van der Waals surface area contributed by atoms with Crippen molar-refractivity contribution >= 4 is 29.4 Å². The Labute approximate surface area is 312 Å². The maximum atomic E-state index is 12.9.